The largest absolute Gasteiger partial charge is 0.337 e. The third kappa shape index (κ3) is 2.41. The number of carbonyl (C=O) groups is 1. The summed E-state index contributed by atoms with van der Waals surface area (Å²) in [6, 6.07) is 0.454. The zero-order valence-corrected chi connectivity index (χ0v) is 9.57. The average molecular weight is 222 g/mol. The molecule has 1 unspecified atom stereocenters. The predicted molar refractivity (Wildman–Crippen MR) is 61.2 cm³/mol. The molecule has 1 aromatic heterocycles. The van der Waals surface area contributed by atoms with E-state index in [0.29, 0.717) is 11.6 Å². The summed E-state index contributed by atoms with van der Waals surface area (Å²) in [6.07, 6.45) is 5.59. The Balaban J connectivity index is 1.96. The third-order valence-electron chi connectivity index (χ3n) is 3.02. The zero-order chi connectivity index (χ0) is 11.4. The predicted octanol–water partition coefficient (Wildman–Crippen LogP) is 0.624. The van der Waals surface area contributed by atoms with E-state index < -0.39 is 0 Å². The van der Waals surface area contributed by atoms with E-state index in [-0.39, 0.29) is 5.91 Å². The van der Waals surface area contributed by atoms with Crippen molar-refractivity contribution >= 4 is 5.91 Å². The number of nitrogens with zero attached hydrogens (tertiary/aromatic N) is 2. The lowest BCUT2D eigenvalue weighted by molar-refractivity contribution is 0.0751. The van der Waals surface area contributed by atoms with Crippen molar-refractivity contribution < 1.29 is 4.79 Å². The van der Waals surface area contributed by atoms with Gasteiger partial charge >= 0.3 is 0 Å². The van der Waals surface area contributed by atoms with Crippen molar-refractivity contribution in [2.75, 3.05) is 19.6 Å². The maximum absolute atomic E-state index is 12.1. The molecule has 0 aliphatic carbocycles. The summed E-state index contributed by atoms with van der Waals surface area (Å²) in [4.78, 5) is 13.9. The van der Waals surface area contributed by atoms with Gasteiger partial charge in [-0.2, -0.15) is 5.10 Å². The molecule has 88 valence electrons. The van der Waals surface area contributed by atoms with E-state index in [1.807, 2.05) is 11.8 Å². The van der Waals surface area contributed by atoms with E-state index in [1.165, 1.54) is 6.42 Å². The Labute approximate surface area is 95.2 Å². The first-order valence-electron chi connectivity index (χ1n) is 5.82. The molecule has 1 aliphatic rings. The van der Waals surface area contributed by atoms with Gasteiger partial charge in [0.05, 0.1) is 11.8 Å². The number of amides is 1. The van der Waals surface area contributed by atoms with E-state index >= 15 is 0 Å². The Kier molecular flexibility index (Phi) is 3.56. The summed E-state index contributed by atoms with van der Waals surface area (Å²) in [7, 11) is 0. The number of aromatic amines is 1. The number of H-pyrrole nitrogens is 1. The van der Waals surface area contributed by atoms with Crippen LogP contribution in [0.15, 0.2) is 12.4 Å². The minimum absolute atomic E-state index is 0.0601. The van der Waals surface area contributed by atoms with Gasteiger partial charge in [-0.1, -0.05) is 0 Å². The highest BCUT2D eigenvalue weighted by atomic mass is 16.2. The smallest absolute Gasteiger partial charge is 0.257 e. The molecule has 16 heavy (non-hydrogen) atoms. The van der Waals surface area contributed by atoms with Gasteiger partial charge in [0.25, 0.3) is 5.91 Å². The maximum Gasteiger partial charge on any atom is 0.257 e. The molecule has 1 atom stereocenters. The van der Waals surface area contributed by atoms with Crippen LogP contribution in [-0.2, 0) is 0 Å². The Morgan fingerprint density at radius 1 is 1.69 bits per heavy atom. The van der Waals surface area contributed by atoms with Crippen molar-refractivity contribution in [2.45, 2.75) is 25.8 Å². The van der Waals surface area contributed by atoms with E-state index in [9.17, 15) is 4.79 Å². The molecule has 2 rings (SSSR count). The molecule has 2 heterocycles. The molecular weight excluding hydrogens is 204 g/mol. The summed E-state index contributed by atoms with van der Waals surface area (Å²) < 4.78 is 0. The van der Waals surface area contributed by atoms with Crippen LogP contribution < -0.4 is 5.32 Å². The molecule has 1 saturated heterocycles. The van der Waals surface area contributed by atoms with Gasteiger partial charge in [-0.15, -0.1) is 0 Å². The van der Waals surface area contributed by atoms with Gasteiger partial charge in [-0.25, -0.2) is 0 Å². The van der Waals surface area contributed by atoms with Gasteiger partial charge in [-0.05, 0) is 26.3 Å². The Morgan fingerprint density at radius 2 is 2.56 bits per heavy atom. The lowest BCUT2D eigenvalue weighted by Crippen LogP contribution is -2.40. The molecule has 0 saturated carbocycles. The number of rotatable bonds is 4. The molecule has 0 radical (unpaired) electrons. The molecule has 5 nitrogen and oxygen atoms in total. The van der Waals surface area contributed by atoms with Gasteiger partial charge < -0.3 is 10.2 Å². The molecular formula is C11H18N4O. The molecule has 0 bridgehead atoms. The Hall–Kier alpha value is -1.36. The second-order valence-corrected chi connectivity index (χ2v) is 4.12. The molecule has 1 aliphatic heterocycles. The van der Waals surface area contributed by atoms with Crippen molar-refractivity contribution in [3.05, 3.63) is 18.0 Å². The molecule has 1 aromatic rings. The first-order valence-corrected chi connectivity index (χ1v) is 5.82. The van der Waals surface area contributed by atoms with Crippen LogP contribution in [0.3, 0.4) is 0 Å². The molecule has 2 N–H and O–H groups in total. The fourth-order valence-electron chi connectivity index (χ4n) is 2.08. The number of carbonyl (C=O) groups excluding carboxylic acids is 1. The molecule has 0 aromatic carbocycles. The summed E-state index contributed by atoms with van der Waals surface area (Å²) in [6.45, 7) is 4.61. The zero-order valence-electron chi connectivity index (χ0n) is 9.57. The number of hydrogen-bond acceptors (Lipinski definition) is 3. The van der Waals surface area contributed by atoms with E-state index in [0.717, 1.165) is 26.1 Å². The summed E-state index contributed by atoms with van der Waals surface area (Å²) in [5.74, 6) is 0.0601. The summed E-state index contributed by atoms with van der Waals surface area (Å²) >= 11 is 0. The molecule has 1 amide bonds. The summed E-state index contributed by atoms with van der Waals surface area (Å²) in [5.41, 5.74) is 0.639. The van der Waals surface area contributed by atoms with Crippen LogP contribution in [0.1, 0.15) is 30.1 Å². The van der Waals surface area contributed by atoms with E-state index in [4.69, 9.17) is 0 Å². The highest BCUT2D eigenvalue weighted by Crippen LogP contribution is 2.09. The van der Waals surface area contributed by atoms with Crippen LogP contribution in [0, 0.1) is 0 Å². The SMILES string of the molecule is CCN(CC1CCCN1)C(=O)c1cn[nH]c1. The third-order valence-corrected chi connectivity index (χ3v) is 3.02. The minimum Gasteiger partial charge on any atom is -0.337 e. The topological polar surface area (TPSA) is 61.0 Å². The van der Waals surface area contributed by atoms with Crippen molar-refractivity contribution in [2.24, 2.45) is 0 Å². The fraction of sp³-hybridized carbons (Fsp3) is 0.636. The van der Waals surface area contributed by atoms with Crippen LogP contribution in [0.2, 0.25) is 0 Å². The van der Waals surface area contributed by atoms with Crippen LogP contribution >= 0.6 is 0 Å². The second-order valence-electron chi connectivity index (χ2n) is 4.12. The van der Waals surface area contributed by atoms with Gasteiger partial charge in [0, 0.05) is 25.3 Å². The van der Waals surface area contributed by atoms with Crippen molar-refractivity contribution in [3.8, 4) is 0 Å². The standard InChI is InChI=1S/C11H18N4O/c1-2-15(8-10-4-3-5-12-10)11(16)9-6-13-14-7-9/h6-7,10,12H,2-5,8H2,1H3,(H,13,14). The maximum atomic E-state index is 12.1. The average Bonchev–Trinajstić information content (AvgIpc) is 2.97. The van der Waals surface area contributed by atoms with Crippen molar-refractivity contribution in [1.29, 1.82) is 0 Å². The van der Waals surface area contributed by atoms with Crippen LogP contribution in [-0.4, -0.2) is 46.7 Å². The van der Waals surface area contributed by atoms with Gasteiger partial charge in [-0.3, -0.25) is 9.89 Å². The first kappa shape index (κ1) is 11.1. The fourth-order valence-corrected chi connectivity index (χ4v) is 2.08. The monoisotopic (exact) mass is 222 g/mol. The van der Waals surface area contributed by atoms with Crippen LogP contribution in [0.4, 0.5) is 0 Å². The Morgan fingerprint density at radius 3 is 3.12 bits per heavy atom. The van der Waals surface area contributed by atoms with Crippen LogP contribution in [0.5, 0.6) is 0 Å². The normalized spacial score (nSPS) is 19.9. The van der Waals surface area contributed by atoms with Gasteiger partial charge in [0.1, 0.15) is 0 Å². The van der Waals surface area contributed by atoms with Gasteiger partial charge in [0.2, 0.25) is 0 Å². The van der Waals surface area contributed by atoms with Crippen molar-refractivity contribution in [3.63, 3.8) is 0 Å². The highest BCUT2D eigenvalue weighted by Gasteiger charge is 2.21. The van der Waals surface area contributed by atoms with E-state index in [2.05, 4.69) is 15.5 Å². The van der Waals surface area contributed by atoms with Gasteiger partial charge in [0.15, 0.2) is 0 Å². The Bertz CT molecular complexity index is 330. The highest BCUT2D eigenvalue weighted by molar-refractivity contribution is 5.93. The summed E-state index contributed by atoms with van der Waals surface area (Å²) in [5, 5.41) is 9.88. The molecule has 0 spiro atoms. The number of hydrogen-bond donors (Lipinski definition) is 2. The quantitative estimate of drug-likeness (QED) is 0.785. The lowest BCUT2D eigenvalue weighted by atomic mass is 10.2. The minimum atomic E-state index is 0.0601. The van der Waals surface area contributed by atoms with Crippen molar-refractivity contribution in [1.82, 2.24) is 20.4 Å². The van der Waals surface area contributed by atoms with Crippen LogP contribution in [0.25, 0.3) is 0 Å². The number of likely N-dealkylation sites (N-methyl/N-ethyl adjacent to an activating group) is 1. The lowest BCUT2D eigenvalue weighted by Gasteiger charge is -2.23. The molecule has 5 heteroatoms. The van der Waals surface area contributed by atoms with E-state index in [1.54, 1.807) is 12.4 Å². The molecule has 1 fully saturated rings. The second kappa shape index (κ2) is 5.12. The number of nitrogens with one attached hydrogen (secondary N) is 2. The number of aromatic nitrogens is 2. The first-order chi connectivity index (χ1) is 7.81.